The maximum absolute atomic E-state index is 13.1. The van der Waals surface area contributed by atoms with Crippen molar-refractivity contribution in [2.75, 3.05) is 18.1 Å². The average molecular weight is 410 g/mol. The van der Waals surface area contributed by atoms with Crippen LogP contribution in [0.4, 0.5) is 0 Å². The highest BCUT2D eigenvalue weighted by Gasteiger charge is 2.39. The smallest absolute Gasteiger partial charge is 0.335 e. The Labute approximate surface area is 152 Å². The van der Waals surface area contributed by atoms with E-state index >= 15 is 0 Å². The highest BCUT2D eigenvalue weighted by molar-refractivity contribution is 7.92. The SMILES string of the molecule is CC(C)CN([C@H]1CCS(=O)(=O)C1)S(=O)(=O)c1cc(C(=O)O)ccc1Cl. The summed E-state index contributed by atoms with van der Waals surface area (Å²) < 4.78 is 50.9. The highest BCUT2D eigenvalue weighted by Crippen LogP contribution is 2.30. The molecule has 0 spiro atoms. The van der Waals surface area contributed by atoms with E-state index in [9.17, 15) is 21.6 Å². The van der Waals surface area contributed by atoms with Crippen molar-refractivity contribution in [3.05, 3.63) is 28.8 Å². The molecule has 1 aliphatic rings. The van der Waals surface area contributed by atoms with Gasteiger partial charge in [-0.05, 0) is 30.5 Å². The van der Waals surface area contributed by atoms with E-state index in [1.165, 1.54) is 12.1 Å². The number of sulfonamides is 1. The first-order valence-corrected chi connectivity index (χ1v) is 11.3. The zero-order valence-corrected chi connectivity index (χ0v) is 16.2. The number of carbonyl (C=O) groups is 1. The van der Waals surface area contributed by atoms with E-state index in [2.05, 4.69) is 0 Å². The fourth-order valence-electron chi connectivity index (χ4n) is 2.77. The largest absolute Gasteiger partial charge is 0.478 e. The Kier molecular flexibility index (Phi) is 5.82. The predicted molar refractivity (Wildman–Crippen MR) is 94.2 cm³/mol. The van der Waals surface area contributed by atoms with Crippen molar-refractivity contribution in [3.8, 4) is 0 Å². The number of sulfone groups is 1. The summed E-state index contributed by atoms with van der Waals surface area (Å²) in [6.45, 7) is 3.76. The standard InChI is InChI=1S/C15H20ClNO6S2/c1-10(2)8-17(12-5-6-24(20,21)9-12)25(22,23)14-7-11(15(18)19)3-4-13(14)16/h3-4,7,10,12H,5-6,8-9H2,1-2H3,(H,18,19)/t12-/m0/s1. The van der Waals surface area contributed by atoms with Crippen LogP contribution in [0, 0.1) is 5.92 Å². The molecule has 1 heterocycles. The third kappa shape index (κ3) is 4.52. The molecule has 0 aliphatic carbocycles. The van der Waals surface area contributed by atoms with Gasteiger partial charge in [0.25, 0.3) is 0 Å². The van der Waals surface area contributed by atoms with Gasteiger partial charge in [-0.2, -0.15) is 4.31 Å². The normalized spacial score (nSPS) is 20.3. The van der Waals surface area contributed by atoms with Gasteiger partial charge < -0.3 is 5.11 Å². The number of halogens is 1. The van der Waals surface area contributed by atoms with Crippen LogP contribution in [0.3, 0.4) is 0 Å². The molecule has 0 aromatic heterocycles. The van der Waals surface area contributed by atoms with Crippen molar-refractivity contribution in [3.63, 3.8) is 0 Å². The Balaban J connectivity index is 2.52. The predicted octanol–water partition coefficient (Wildman–Crippen LogP) is 1.87. The van der Waals surface area contributed by atoms with Crippen LogP contribution >= 0.6 is 11.6 Å². The number of carboxylic acids is 1. The molecule has 1 saturated heterocycles. The molecule has 1 atom stereocenters. The molecular weight excluding hydrogens is 390 g/mol. The molecule has 0 saturated carbocycles. The van der Waals surface area contributed by atoms with Crippen LogP contribution < -0.4 is 0 Å². The van der Waals surface area contributed by atoms with Crippen molar-refractivity contribution < 1.29 is 26.7 Å². The minimum atomic E-state index is -4.14. The van der Waals surface area contributed by atoms with E-state index in [-0.39, 0.29) is 45.9 Å². The van der Waals surface area contributed by atoms with E-state index < -0.39 is 31.9 Å². The van der Waals surface area contributed by atoms with Crippen LogP contribution in [0.15, 0.2) is 23.1 Å². The molecule has 0 amide bonds. The van der Waals surface area contributed by atoms with E-state index in [1.807, 2.05) is 13.8 Å². The van der Waals surface area contributed by atoms with E-state index in [4.69, 9.17) is 16.7 Å². The van der Waals surface area contributed by atoms with Crippen molar-refractivity contribution in [1.82, 2.24) is 4.31 Å². The monoisotopic (exact) mass is 409 g/mol. The number of aromatic carboxylic acids is 1. The van der Waals surface area contributed by atoms with Crippen molar-refractivity contribution >= 4 is 37.4 Å². The van der Waals surface area contributed by atoms with Gasteiger partial charge in [-0.15, -0.1) is 0 Å². The van der Waals surface area contributed by atoms with E-state index in [1.54, 1.807) is 0 Å². The molecule has 2 rings (SSSR count). The molecule has 0 bridgehead atoms. The maximum atomic E-state index is 13.1. The van der Waals surface area contributed by atoms with Crippen molar-refractivity contribution in [2.45, 2.75) is 31.2 Å². The van der Waals surface area contributed by atoms with Gasteiger partial charge in [0.05, 0.1) is 22.1 Å². The lowest BCUT2D eigenvalue weighted by Crippen LogP contribution is -2.43. The summed E-state index contributed by atoms with van der Waals surface area (Å²) in [5.41, 5.74) is -0.202. The lowest BCUT2D eigenvalue weighted by atomic mass is 10.2. The Morgan fingerprint density at radius 1 is 1.40 bits per heavy atom. The van der Waals surface area contributed by atoms with Gasteiger partial charge in [-0.3, -0.25) is 0 Å². The molecule has 140 valence electrons. The molecule has 10 heteroatoms. The minimum Gasteiger partial charge on any atom is -0.478 e. The molecule has 1 aliphatic heterocycles. The van der Waals surface area contributed by atoms with Crippen LogP contribution in [0.2, 0.25) is 5.02 Å². The zero-order valence-electron chi connectivity index (χ0n) is 13.8. The summed E-state index contributed by atoms with van der Waals surface area (Å²) in [5, 5.41) is 9.00. The average Bonchev–Trinajstić information content (AvgIpc) is 2.84. The molecule has 1 aromatic carbocycles. The first-order chi connectivity index (χ1) is 11.4. The number of hydrogen-bond donors (Lipinski definition) is 1. The number of nitrogens with zero attached hydrogens (tertiary/aromatic N) is 1. The second-order valence-electron chi connectivity index (χ2n) is 6.48. The van der Waals surface area contributed by atoms with Gasteiger partial charge in [0.2, 0.25) is 10.0 Å². The number of hydrogen-bond acceptors (Lipinski definition) is 5. The lowest BCUT2D eigenvalue weighted by molar-refractivity contribution is 0.0696. The van der Waals surface area contributed by atoms with Gasteiger partial charge in [0.15, 0.2) is 9.84 Å². The van der Waals surface area contributed by atoms with Crippen LogP contribution in [0.5, 0.6) is 0 Å². The maximum Gasteiger partial charge on any atom is 0.335 e. The number of carboxylic acid groups (broad SMARTS) is 1. The number of rotatable bonds is 6. The summed E-state index contributed by atoms with van der Waals surface area (Å²) in [7, 11) is -7.43. The Hall–Kier alpha value is -1.16. The summed E-state index contributed by atoms with van der Waals surface area (Å²) in [6, 6.07) is 2.77. The van der Waals surface area contributed by atoms with Gasteiger partial charge in [-0.1, -0.05) is 25.4 Å². The van der Waals surface area contributed by atoms with Crippen LogP contribution in [-0.2, 0) is 19.9 Å². The van der Waals surface area contributed by atoms with Crippen LogP contribution in [0.25, 0.3) is 0 Å². The molecule has 1 fully saturated rings. The highest BCUT2D eigenvalue weighted by atomic mass is 35.5. The molecule has 1 aromatic rings. The second-order valence-corrected chi connectivity index (χ2v) is 11.0. The summed E-state index contributed by atoms with van der Waals surface area (Å²) >= 11 is 6.01. The third-order valence-corrected chi connectivity index (χ3v) is 8.08. The summed E-state index contributed by atoms with van der Waals surface area (Å²) in [4.78, 5) is 10.8. The van der Waals surface area contributed by atoms with Gasteiger partial charge >= 0.3 is 5.97 Å². The Morgan fingerprint density at radius 3 is 2.52 bits per heavy atom. The lowest BCUT2D eigenvalue weighted by Gasteiger charge is -2.29. The first-order valence-electron chi connectivity index (χ1n) is 7.69. The van der Waals surface area contributed by atoms with Gasteiger partial charge in [0.1, 0.15) is 4.90 Å². The fraction of sp³-hybridized carbons (Fsp3) is 0.533. The molecule has 25 heavy (non-hydrogen) atoms. The number of benzene rings is 1. The fourth-order valence-corrected chi connectivity index (χ4v) is 6.91. The quantitative estimate of drug-likeness (QED) is 0.768. The molecule has 7 nitrogen and oxygen atoms in total. The molecule has 0 unspecified atom stereocenters. The third-order valence-electron chi connectivity index (χ3n) is 3.93. The van der Waals surface area contributed by atoms with Crippen LogP contribution in [0.1, 0.15) is 30.6 Å². The van der Waals surface area contributed by atoms with Gasteiger partial charge in [0, 0.05) is 12.6 Å². The molecule has 1 N–H and O–H groups in total. The van der Waals surface area contributed by atoms with E-state index in [0.29, 0.717) is 0 Å². The van der Waals surface area contributed by atoms with Crippen LogP contribution in [-0.4, -0.2) is 56.3 Å². The Morgan fingerprint density at radius 2 is 2.04 bits per heavy atom. The molecular formula is C15H20ClNO6S2. The Bertz CT molecular complexity index is 879. The zero-order chi connectivity index (χ0) is 19.0. The molecule has 0 radical (unpaired) electrons. The van der Waals surface area contributed by atoms with Crippen molar-refractivity contribution in [1.29, 1.82) is 0 Å². The van der Waals surface area contributed by atoms with E-state index in [0.717, 1.165) is 10.4 Å². The topological polar surface area (TPSA) is 109 Å². The van der Waals surface area contributed by atoms with Crippen molar-refractivity contribution in [2.24, 2.45) is 5.92 Å². The summed E-state index contributed by atoms with van der Waals surface area (Å²) in [5.74, 6) is -1.62. The second kappa shape index (κ2) is 7.22. The minimum absolute atomic E-state index is 0.0421. The first kappa shape index (κ1) is 20.2. The summed E-state index contributed by atoms with van der Waals surface area (Å²) in [6.07, 6.45) is 0.213. The van der Waals surface area contributed by atoms with Gasteiger partial charge in [-0.25, -0.2) is 21.6 Å².